The van der Waals surface area contributed by atoms with Gasteiger partial charge < -0.3 is 15.2 Å². The van der Waals surface area contributed by atoms with Crippen LogP contribution in [0.2, 0.25) is 0 Å². The Morgan fingerprint density at radius 2 is 1.87 bits per heavy atom. The minimum atomic E-state index is -0.316. The molecule has 4 rings (SSSR count). The fraction of sp³-hybridized carbons (Fsp3) is 0.174. The second-order valence-corrected chi connectivity index (χ2v) is 8.02. The summed E-state index contributed by atoms with van der Waals surface area (Å²) in [5.74, 6) is 1.11. The highest BCUT2D eigenvalue weighted by atomic mass is 32.2. The molecule has 8 heteroatoms. The Labute approximate surface area is 183 Å². The van der Waals surface area contributed by atoms with Crippen LogP contribution in [0.25, 0.3) is 5.65 Å². The topological polar surface area (TPSA) is 88.6 Å². The fourth-order valence-electron chi connectivity index (χ4n) is 3.10. The van der Waals surface area contributed by atoms with Crippen LogP contribution in [0.1, 0.15) is 23.9 Å². The molecule has 0 spiro atoms. The molecular weight excluding hydrogens is 412 g/mol. The van der Waals surface area contributed by atoms with Crippen molar-refractivity contribution in [1.29, 1.82) is 0 Å². The molecule has 0 aliphatic rings. The van der Waals surface area contributed by atoms with Crippen molar-refractivity contribution in [2.75, 3.05) is 10.6 Å². The van der Waals surface area contributed by atoms with Crippen LogP contribution in [0.3, 0.4) is 0 Å². The Morgan fingerprint density at radius 1 is 1.10 bits per heavy atom. The van der Waals surface area contributed by atoms with Crippen LogP contribution in [0.15, 0.2) is 74.9 Å². The van der Waals surface area contributed by atoms with E-state index in [2.05, 4.69) is 22.5 Å². The van der Waals surface area contributed by atoms with E-state index >= 15 is 0 Å². The molecule has 0 atom stereocenters. The Balaban J connectivity index is 1.44. The third kappa shape index (κ3) is 4.97. The van der Waals surface area contributed by atoms with E-state index in [9.17, 15) is 9.59 Å². The molecule has 4 aromatic rings. The fourth-order valence-corrected chi connectivity index (χ4v) is 4.00. The van der Waals surface area contributed by atoms with Gasteiger partial charge in [0.1, 0.15) is 5.76 Å². The van der Waals surface area contributed by atoms with Gasteiger partial charge in [0.05, 0.1) is 11.4 Å². The number of carbonyl (C=O) groups excluding carboxylic acids is 1. The molecule has 0 saturated heterocycles. The lowest BCUT2D eigenvalue weighted by Gasteiger charge is -2.12. The van der Waals surface area contributed by atoms with Crippen molar-refractivity contribution in [3.63, 3.8) is 0 Å². The van der Waals surface area contributed by atoms with E-state index in [1.165, 1.54) is 28.0 Å². The zero-order chi connectivity index (χ0) is 21.8. The van der Waals surface area contributed by atoms with E-state index in [4.69, 9.17) is 4.52 Å². The number of anilines is 2. The SMILES string of the molecule is CCc1ccc(NC(=O)Nc2ccccc2SCc2cc(=O)n3oc(C)cc3n2)cc1. The van der Waals surface area contributed by atoms with E-state index in [-0.39, 0.29) is 11.6 Å². The first-order chi connectivity index (χ1) is 15.0. The molecule has 2 heterocycles. The number of nitrogens with zero attached hydrogens (tertiary/aromatic N) is 2. The Bertz CT molecular complexity index is 1280. The summed E-state index contributed by atoms with van der Waals surface area (Å²) in [6.45, 7) is 3.86. The number of aromatic nitrogens is 2. The normalized spacial score (nSPS) is 10.9. The maximum Gasteiger partial charge on any atom is 0.323 e. The zero-order valence-electron chi connectivity index (χ0n) is 17.2. The summed E-state index contributed by atoms with van der Waals surface area (Å²) in [6.07, 6.45) is 0.950. The van der Waals surface area contributed by atoms with Gasteiger partial charge in [0.2, 0.25) is 0 Å². The first-order valence-electron chi connectivity index (χ1n) is 9.90. The largest absolute Gasteiger partial charge is 0.375 e. The molecule has 0 aliphatic carbocycles. The lowest BCUT2D eigenvalue weighted by molar-refractivity contribution is 0.262. The number of carbonyl (C=O) groups is 1. The summed E-state index contributed by atoms with van der Waals surface area (Å²) < 4.78 is 6.50. The van der Waals surface area contributed by atoms with Crippen LogP contribution >= 0.6 is 11.8 Å². The third-order valence-corrected chi connectivity index (χ3v) is 5.76. The molecule has 7 nitrogen and oxygen atoms in total. The average Bonchev–Trinajstić information content (AvgIpc) is 3.14. The van der Waals surface area contributed by atoms with Gasteiger partial charge in [0, 0.05) is 28.5 Å². The quantitative estimate of drug-likeness (QED) is 0.413. The molecule has 0 unspecified atom stereocenters. The second kappa shape index (κ2) is 9.09. The number of nitrogens with one attached hydrogen (secondary N) is 2. The van der Waals surface area contributed by atoms with Crippen LogP contribution in [-0.4, -0.2) is 15.6 Å². The highest BCUT2D eigenvalue weighted by Crippen LogP contribution is 2.29. The van der Waals surface area contributed by atoms with Gasteiger partial charge in [0.15, 0.2) is 5.65 Å². The van der Waals surface area contributed by atoms with E-state index in [1.54, 1.807) is 13.0 Å². The number of para-hydroxylation sites is 1. The number of urea groups is 1. The smallest absolute Gasteiger partial charge is 0.323 e. The van der Waals surface area contributed by atoms with Crippen molar-refractivity contribution in [1.82, 2.24) is 9.56 Å². The van der Waals surface area contributed by atoms with Gasteiger partial charge in [-0.25, -0.2) is 9.78 Å². The van der Waals surface area contributed by atoms with E-state index in [0.29, 0.717) is 28.5 Å². The molecule has 0 aliphatic heterocycles. The number of hydrogen-bond acceptors (Lipinski definition) is 5. The average molecular weight is 435 g/mol. The first-order valence-corrected chi connectivity index (χ1v) is 10.9. The van der Waals surface area contributed by atoms with Gasteiger partial charge in [-0.1, -0.05) is 31.2 Å². The monoisotopic (exact) mass is 434 g/mol. The second-order valence-electron chi connectivity index (χ2n) is 7.00. The van der Waals surface area contributed by atoms with Crippen molar-refractivity contribution >= 4 is 34.8 Å². The molecule has 2 amide bonds. The number of fused-ring (bicyclic) bond motifs is 1. The molecule has 31 heavy (non-hydrogen) atoms. The first kappa shape index (κ1) is 20.7. The highest BCUT2D eigenvalue weighted by molar-refractivity contribution is 7.98. The standard InChI is InChI=1S/C23H22N4O3S/c1-3-16-8-10-17(11-9-16)25-23(29)26-19-6-4-5-7-20(19)31-14-18-13-22(28)27-21(24-18)12-15(2)30-27/h4-13H,3,14H2,1-2H3,(H2,25,26,29). The highest BCUT2D eigenvalue weighted by Gasteiger charge is 2.10. The van der Waals surface area contributed by atoms with Gasteiger partial charge in [-0.05, 0) is 43.2 Å². The van der Waals surface area contributed by atoms with Gasteiger partial charge in [0.25, 0.3) is 5.56 Å². The Kier molecular flexibility index (Phi) is 6.08. The predicted molar refractivity (Wildman–Crippen MR) is 123 cm³/mol. The Morgan fingerprint density at radius 3 is 2.65 bits per heavy atom. The van der Waals surface area contributed by atoms with Crippen LogP contribution < -0.4 is 16.2 Å². The van der Waals surface area contributed by atoms with Crippen molar-refractivity contribution in [2.24, 2.45) is 0 Å². The summed E-state index contributed by atoms with van der Waals surface area (Å²) in [4.78, 5) is 30.0. The lowest BCUT2D eigenvalue weighted by Crippen LogP contribution is -2.19. The molecule has 2 aromatic heterocycles. The number of thioether (sulfide) groups is 1. The van der Waals surface area contributed by atoms with Crippen molar-refractivity contribution in [2.45, 2.75) is 30.9 Å². The summed E-state index contributed by atoms with van der Waals surface area (Å²) in [5, 5.41) is 5.74. The summed E-state index contributed by atoms with van der Waals surface area (Å²) in [5.41, 5.74) is 3.50. The third-order valence-electron chi connectivity index (χ3n) is 4.65. The van der Waals surface area contributed by atoms with E-state index < -0.39 is 0 Å². The van der Waals surface area contributed by atoms with Crippen LogP contribution in [0, 0.1) is 6.92 Å². The van der Waals surface area contributed by atoms with Gasteiger partial charge in [-0.2, -0.15) is 0 Å². The van der Waals surface area contributed by atoms with Crippen molar-refractivity contribution < 1.29 is 9.32 Å². The summed E-state index contributed by atoms with van der Waals surface area (Å²) in [7, 11) is 0. The van der Waals surface area contributed by atoms with Crippen LogP contribution in [0.4, 0.5) is 16.2 Å². The van der Waals surface area contributed by atoms with Gasteiger partial charge in [-0.15, -0.1) is 16.3 Å². The maximum atomic E-state index is 12.5. The molecule has 0 fully saturated rings. The lowest BCUT2D eigenvalue weighted by atomic mass is 10.1. The maximum absolute atomic E-state index is 12.5. The van der Waals surface area contributed by atoms with Crippen molar-refractivity contribution in [3.8, 4) is 0 Å². The van der Waals surface area contributed by atoms with Crippen LogP contribution in [0.5, 0.6) is 0 Å². The van der Waals surface area contributed by atoms with Crippen LogP contribution in [-0.2, 0) is 12.2 Å². The van der Waals surface area contributed by atoms with Crippen molar-refractivity contribution in [3.05, 3.63) is 88.0 Å². The molecule has 0 saturated carbocycles. The molecular formula is C23H22N4O3S. The summed E-state index contributed by atoms with van der Waals surface area (Å²) >= 11 is 1.49. The minimum absolute atomic E-state index is 0.256. The number of aryl methyl sites for hydroxylation is 2. The Hall–Kier alpha value is -3.52. The van der Waals surface area contributed by atoms with E-state index in [1.807, 2.05) is 48.5 Å². The number of rotatable bonds is 6. The van der Waals surface area contributed by atoms with Gasteiger partial charge in [-0.3, -0.25) is 4.79 Å². The molecule has 0 bridgehead atoms. The molecule has 158 valence electrons. The van der Waals surface area contributed by atoms with Gasteiger partial charge >= 0.3 is 6.03 Å². The summed E-state index contributed by atoms with van der Waals surface area (Å²) in [6, 6.07) is 18.2. The molecule has 2 N–H and O–H groups in total. The minimum Gasteiger partial charge on any atom is -0.375 e. The molecule has 0 radical (unpaired) electrons. The molecule has 2 aromatic carbocycles. The number of hydrogen-bond donors (Lipinski definition) is 2. The van der Waals surface area contributed by atoms with E-state index in [0.717, 1.165) is 17.0 Å². The number of amides is 2. The number of benzene rings is 2. The predicted octanol–water partition coefficient (Wildman–Crippen LogP) is 5.09. The zero-order valence-corrected chi connectivity index (χ0v) is 18.0.